The Kier molecular flexibility index (Phi) is 41.7. The second-order valence-corrected chi connectivity index (χ2v) is 52.7. The Labute approximate surface area is 858 Å². The van der Waals surface area contributed by atoms with E-state index in [2.05, 4.69) is 260 Å². The Hall–Kier alpha value is -4.07. The molecule has 4 saturated carbocycles. The van der Waals surface area contributed by atoms with Crippen molar-refractivity contribution in [3.63, 3.8) is 0 Å². The zero-order chi connectivity index (χ0) is 95.5. The minimum Gasteiger partial charge on any atom is -0.670 e. The molecule has 18 rings (SSSR count). The van der Waals surface area contributed by atoms with E-state index in [1.165, 1.54) is 171 Å². The molecule has 20 heteroatoms. The van der Waals surface area contributed by atoms with Gasteiger partial charge >= 0.3 is 332 Å². The van der Waals surface area contributed by atoms with Crippen molar-refractivity contribution in [3.05, 3.63) is 255 Å². The maximum atomic E-state index is 11.0. The number of halogens is 8. The molecular formula is C110H139Br4Cl4MoN6O3W2-3. The molecule has 0 saturated heterocycles. The molecule has 0 radical (unpaired) electrons. The number of phenolic OH excluding ortho intramolecular Hbond substituents is 3. The molecule has 4 bridgehead atoms. The van der Waals surface area contributed by atoms with Crippen molar-refractivity contribution >= 4 is 135 Å². The van der Waals surface area contributed by atoms with E-state index < -0.39 is 35.8 Å². The number of benzene rings is 7. The van der Waals surface area contributed by atoms with E-state index in [-0.39, 0.29) is 39.6 Å². The summed E-state index contributed by atoms with van der Waals surface area (Å²) < 4.78 is 25.5. The molecule has 3 heterocycles. The van der Waals surface area contributed by atoms with Crippen LogP contribution >= 0.6 is 110 Å². The molecule has 704 valence electrons. The van der Waals surface area contributed by atoms with Gasteiger partial charge in [-0.3, -0.25) is 0 Å². The number of aryl methyl sites for hydroxylation is 9. The molecule has 8 aliphatic carbocycles. The minimum absolute atomic E-state index is 0.0178. The van der Waals surface area contributed by atoms with E-state index in [1.54, 1.807) is 12.4 Å². The van der Waals surface area contributed by atoms with Crippen LogP contribution in [0.4, 0.5) is 11.4 Å². The standard InChI is InChI=1S/2C21H22Br2O.C15H24O.C10H15N.2C6H3Cl2N.2C6H8N.3C5H10.C4H4N.Mo.2W/c2*1-12-17(22)10-13-6-2-4-8-15(13)19(12)20-16-9-5-3-7-14(16)11-18(23)21(20)24;1-10-8-11(14(2,3)4)13(16)12(9-10)15(5,6)7;11-10-4-7-1-8(5-10)3-9(2-7)6-10;2*7-4-2-1-3-5(8)6(4)9;2*1-5-3-4-6(2)7-5;3*1-5(2,3)4;1-2-4-5-3-1;;;/h2*10-11,24H,2-9H2,1H3;8-9,16H,1-7H3;7-9H,1-6H2;2*1-3H;2*3-4H,1-2H3;3*1H,2-4H3;1-4H;;;/q;;;;;;2*-1;;;;-1;;;. The molecule has 0 amide bonds. The quantitative estimate of drug-likeness (QED) is 0.147. The van der Waals surface area contributed by atoms with E-state index in [4.69, 9.17) is 49.9 Å². The Morgan fingerprint density at radius 2 is 0.692 bits per heavy atom. The van der Waals surface area contributed by atoms with Gasteiger partial charge in [0, 0.05) is 20.1 Å². The summed E-state index contributed by atoms with van der Waals surface area (Å²) in [7, 11) is 0. The number of aromatic nitrogens is 3. The third kappa shape index (κ3) is 32.5. The molecule has 130 heavy (non-hydrogen) atoms. The maximum Gasteiger partial charge on any atom is 0.137 e. The van der Waals surface area contributed by atoms with Gasteiger partial charge in [0.15, 0.2) is 0 Å². The van der Waals surface area contributed by atoms with Crippen molar-refractivity contribution < 1.29 is 69.1 Å². The molecule has 0 aliphatic heterocycles. The van der Waals surface area contributed by atoms with E-state index >= 15 is 0 Å². The van der Waals surface area contributed by atoms with E-state index in [0.717, 1.165) is 134 Å². The normalized spacial score (nSPS) is 17.3. The van der Waals surface area contributed by atoms with Gasteiger partial charge in [0.05, 0.1) is 8.95 Å². The van der Waals surface area contributed by atoms with Crippen molar-refractivity contribution in [3.8, 4) is 39.5 Å². The first-order valence-corrected chi connectivity index (χ1v) is 59.0. The van der Waals surface area contributed by atoms with Crippen LogP contribution < -0.4 is 15.0 Å². The van der Waals surface area contributed by atoms with Crippen molar-refractivity contribution in [2.24, 2.45) is 44.5 Å². The second kappa shape index (κ2) is 49.5. The van der Waals surface area contributed by atoms with Crippen LogP contribution in [0.1, 0.15) is 289 Å². The SMILES string of the molecule is CC(C)(C)[CH]=[Mo]=[N]C12CC3CC(CC(C3)C1)C2.CC(C)(C)[CH]=[W]=[N]c1c(Cl)cccc1Cl.CC(C)(C)[CH]=[W]=[N]c1c(Cl)cccc1Cl.Cc1c(Br)cc2c(c1-c1c(O)c(Br)cc3c1CCCC3)CCCC2.Cc1c(Br)cc2c(c1-c1c(O)c(Br)cc3c1CCCC3)CCCC2.Cc1cc(C(C)(C)C)c(O)c(C(C)(C)C)c1.Cc1ccc(C)[n-]1.Cc1ccc(C)[n-]1.c1cc[n-]c1. The van der Waals surface area contributed by atoms with Crippen LogP contribution in [0.5, 0.6) is 17.2 Å². The molecule has 10 aromatic rings. The van der Waals surface area contributed by atoms with Gasteiger partial charge in [-0.15, -0.1) is 0 Å². The molecular weight excluding hydrogens is 2380 g/mol. The Morgan fingerprint density at radius 1 is 0.392 bits per heavy atom. The van der Waals surface area contributed by atoms with Crippen LogP contribution in [0.3, 0.4) is 0 Å². The van der Waals surface area contributed by atoms with Gasteiger partial charge in [-0.25, -0.2) is 0 Å². The Bertz CT molecular complexity index is 5180. The number of fused-ring (bicyclic) bond motifs is 4. The molecule has 7 aromatic carbocycles. The molecule has 9 nitrogen and oxygen atoms in total. The number of hydrogen-bond acceptors (Lipinski definition) is 6. The smallest absolute Gasteiger partial charge is 0.137 e. The molecule has 8 aliphatic rings. The summed E-state index contributed by atoms with van der Waals surface area (Å²) in [5.74, 6) is 4.45. The summed E-state index contributed by atoms with van der Waals surface area (Å²) in [4.78, 5) is 11.9. The maximum absolute atomic E-state index is 11.0. The van der Waals surface area contributed by atoms with Gasteiger partial charge in [0.1, 0.15) is 17.2 Å². The van der Waals surface area contributed by atoms with Gasteiger partial charge in [-0.05, 0) is 268 Å². The van der Waals surface area contributed by atoms with E-state index in [9.17, 15) is 15.3 Å². The zero-order valence-electron chi connectivity index (χ0n) is 80.8. The first-order chi connectivity index (χ1) is 61.0. The number of aromatic hydroxyl groups is 3. The predicted molar refractivity (Wildman–Crippen MR) is 559 cm³/mol. The van der Waals surface area contributed by atoms with Gasteiger partial charge in [0.25, 0.3) is 0 Å². The molecule has 0 unspecified atom stereocenters. The topological polar surface area (TPSA) is 140 Å². The second-order valence-electron chi connectivity index (χ2n) is 41.6. The van der Waals surface area contributed by atoms with Crippen molar-refractivity contribution in [2.75, 3.05) is 0 Å². The van der Waals surface area contributed by atoms with Crippen LogP contribution in [0.15, 0.2) is 150 Å². The van der Waals surface area contributed by atoms with Crippen molar-refractivity contribution in [2.45, 2.75) is 310 Å². The van der Waals surface area contributed by atoms with Gasteiger partial charge in [0.2, 0.25) is 0 Å². The van der Waals surface area contributed by atoms with Crippen LogP contribution in [0.2, 0.25) is 20.1 Å². The Morgan fingerprint density at radius 3 is 0.962 bits per heavy atom. The average Bonchev–Trinajstić information content (AvgIpc) is 0.973. The summed E-state index contributed by atoms with van der Waals surface area (Å²) in [6, 6.07) is 35.8. The van der Waals surface area contributed by atoms with Crippen LogP contribution in [-0.4, -0.2) is 34.1 Å². The number of hydrogen-bond donors (Lipinski definition) is 3. The first kappa shape index (κ1) is 110. The summed E-state index contributed by atoms with van der Waals surface area (Å²) in [6.07, 6.45) is 31.4. The van der Waals surface area contributed by atoms with E-state index in [1.807, 2.05) is 100 Å². The van der Waals surface area contributed by atoms with E-state index in [0.29, 0.717) is 48.3 Å². The van der Waals surface area contributed by atoms with Crippen LogP contribution in [0, 0.1) is 82.5 Å². The number of rotatable bonds is 5. The van der Waals surface area contributed by atoms with Crippen molar-refractivity contribution in [1.82, 2.24) is 15.0 Å². The zero-order valence-corrected chi connectivity index (χ0v) is 98.1. The number of phenols is 3. The summed E-state index contributed by atoms with van der Waals surface area (Å²) in [6.45, 7) is 47.2. The predicted octanol–water partition coefficient (Wildman–Crippen LogP) is 34.3. The van der Waals surface area contributed by atoms with Crippen molar-refractivity contribution in [1.29, 1.82) is 0 Å². The van der Waals surface area contributed by atoms with Crippen LogP contribution in [-0.2, 0) is 116 Å². The monoisotopic (exact) mass is 2510 g/mol. The third-order valence-corrected chi connectivity index (χ3v) is 39.3. The fraction of sp³-hybridized carbons (Fsp3) is 0.482. The molecule has 0 spiro atoms. The van der Waals surface area contributed by atoms with Gasteiger partial charge in [-0.2, -0.15) is 35.2 Å². The number of nitrogens with zero attached hydrogens (tertiary/aromatic N) is 6. The molecule has 4 fully saturated rings. The fourth-order valence-electron chi connectivity index (χ4n) is 18.3. The largest absolute Gasteiger partial charge is 0.670 e. The minimum atomic E-state index is -0.850. The Balaban J connectivity index is 0.000000170. The van der Waals surface area contributed by atoms with Gasteiger partial charge in [-0.1, -0.05) is 155 Å². The fourth-order valence-corrected chi connectivity index (χ4v) is 28.8. The average molecular weight is 2520 g/mol. The first-order valence-electron chi connectivity index (χ1n) is 46.2. The van der Waals surface area contributed by atoms with Gasteiger partial charge < -0.3 is 30.3 Å². The van der Waals surface area contributed by atoms with Crippen LogP contribution in [0.25, 0.3) is 22.3 Å². The summed E-state index contributed by atoms with van der Waals surface area (Å²) >= 11 is 36.9. The third-order valence-electron chi connectivity index (χ3n) is 24.1. The molecule has 3 aromatic heterocycles. The molecule has 3 N–H and O–H groups in total. The summed E-state index contributed by atoms with van der Waals surface area (Å²) in [5.41, 5.74) is 29.2. The molecule has 0 atom stereocenters. The summed E-state index contributed by atoms with van der Waals surface area (Å²) in [5, 5.41) is 34.9.